The highest BCUT2D eigenvalue weighted by atomic mass is 32.2. The van der Waals surface area contributed by atoms with Gasteiger partial charge in [0.15, 0.2) is 0 Å². The molecular formula is C14H23NO3S2. The standard InChI is InChI=1S/C14H23NO3S2/c1-9-5-10(2)12(4)15(6-9)20(17,18)14-11(3)8-19-13(14)7-16/h8-10,12,16H,5-7H2,1-4H3. The lowest BCUT2D eigenvalue weighted by Gasteiger charge is -2.40. The van der Waals surface area contributed by atoms with Gasteiger partial charge in [0.05, 0.1) is 11.5 Å². The normalized spacial score (nSPS) is 28.8. The van der Waals surface area contributed by atoms with Crippen molar-refractivity contribution in [1.29, 1.82) is 0 Å². The highest BCUT2D eigenvalue weighted by Gasteiger charge is 2.39. The third-order valence-corrected chi connectivity index (χ3v) is 7.64. The van der Waals surface area contributed by atoms with Crippen LogP contribution in [0, 0.1) is 18.8 Å². The zero-order chi connectivity index (χ0) is 15.1. The smallest absolute Gasteiger partial charge is 0.244 e. The zero-order valence-electron chi connectivity index (χ0n) is 12.5. The molecule has 1 saturated heterocycles. The van der Waals surface area contributed by atoms with Gasteiger partial charge in [-0.1, -0.05) is 13.8 Å². The van der Waals surface area contributed by atoms with Gasteiger partial charge < -0.3 is 5.11 Å². The molecule has 0 spiro atoms. The van der Waals surface area contributed by atoms with Gasteiger partial charge in [-0.25, -0.2) is 8.42 Å². The molecular weight excluding hydrogens is 294 g/mol. The van der Waals surface area contributed by atoms with Gasteiger partial charge in [-0.3, -0.25) is 0 Å². The van der Waals surface area contributed by atoms with Gasteiger partial charge in [-0.05, 0) is 43.0 Å². The van der Waals surface area contributed by atoms with Crippen LogP contribution in [0.5, 0.6) is 0 Å². The van der Waals surface area contributed by atoms with Crippen molar-refractivity contribution in [3.05, 3.63) is 15.8 Å². The van der Waals surface area contributed by atoms with Crippen molar-refractivity contribution in [1.82, 2.24) is 4.31 Å². The Labute approximate surface area is 125 Å². The van der Waals surface area contributed by atoms with E-state index in [9.17, 15) is 13.5 Å². The molecule has 0 radical (unpaired) electrons. The fourth-order valence-electron chi connectivity index (χ4n) is 3.04. The summed E-state index contributed by atoms with van der Waals surface area (Å²) in [5.74, 6) is 0.720. The van der Waals surface area contributed by atoms with Crippen LogP contribution in [-0.4, -0.2) is 30.4 Å². The van der Waals surface area contributed by atoms with Gasteiger partial charge in [-0.15, -0.1) is 11.3 Å². The van der Waals surface area contributed by atoms with E-state index in [0.717, 1.165) is 12.0 Å². The molecule has 114 valence electrons. The van der Waals surface area contributed by atoms with Crippen LogP contribution in [0.4, 0.5) is 0 Å². The van der Waals surface area contributed by atoms with E-state index in [0.29, 0.717) is 28.2 Å². The molecule has 0 bridgehead atoms. The summed E-state index contributed by atoms with van der Waals surface area (Å²) >= 11 is 1.31. The molecule has 0 aliphatic carbocycles. The van der Waals surface area contributed by atoms with Crippen LogP contribution >= 0.6 is 11.3 Å². The molecule has 2 rings (SSSR count). The molecule has 0 amide bonds. The largest absolute Gasteiger partial charge is 0.391 e. The molecule has 1 aromatic rings. The summed E-state index contributed by atoms with van der Waals surface area (Å²) in [4.78, 5) is 0.860. The van der Waals surface area contributed by atoms with E-state index in [4.69, 9.17) is 0 Å². The van der Waals surface area contributed by atoms with Crippen LogP contribution in [0.1, 0.15) is 37.6 Å². The zero-order valence-corrected chi connectivity index (χ0v) is 14.1. The second kappa shape index (κ2) is 5.75. The number of piperidine rings is 1. The van der Waals surface area contributed by atoms with Crippen LogP contribution in [-0.2, 0) is 16.6 Å². The predicted octanol–water partition coefficient (Wildman–Crippen LogP) is 2.60. The molecule has 0 aromatic carbocycles. The third-order valence-electron chi connectivity index (χ3n) is 4.24. The number of aliphatic hydroxyl groups is 1. The Morgan fingerprint density at radius 2 is 2.05 bits per heavy atom. The first-order valence-electron chi connectivity index (χ1n) is 6.98. The van der Waals surface area contributed by atoms with Crippen molar-refractivity contribution in [2.24, 2.45) is 11.8 Å². The Morgan fingerprint density at radius 1 is 1.40 bits per heavy atom. The van der Waals surface area contributed by atoms with E-state index >= 15 is 0 Å². The fourth-order valence-corrected chi connectivity index (χ4v) is 6.50. The maximum atomic E-state index is 13.0. The monoisotopic (exact) mass is 317 g/mol. The molecule has 1 aliphatic rings. The minimum Gasteiger partial charge on any atom is -0.391 e. The van der Waals surface area contributed by atoms with Gasteiger partial charge >= 0.3 is 0 Å². The molecule has 2 heterocycles. The summed E-state index contributed by atoms with van der Waals surface area (Å²) in [6, 6.07) is 0.00189. The molecule has 1 N–H and O–H groups in total. The number of rotatable bonds is 3. The minimum atomic E-state index is -3.52. The molecule has 3 atom stereocenters. The maximum Gasteiger partial charge on any atom is 0.244 e. The summed E-state index contributed by atoms with van der Waals surface area (Å²) in [6.45, 7) is 8.32. The average Bonchev–Trinajstić information content (AvgIpc) is 2.75. The lowest BCUT2D eigenvalue weighted by atomic mass is 9.88. The molecule has 0 saturated carbocycles. The van der Waals surface area contributed by atoms with E-state index in [1.54, 1.807) is 16.6 Å². The van der Waals surface area contributed by atoms with E-state index in [2.05, 4.69) is 13.8 Å². The second-order valence-corrected chi connectivity index (χ2v) is 8.75. The Morgan fingerprint density at radius 3 is 2.65 bits per heavy atom. The van der Waals surface area contributed by atoms with E-state index in [1.165, 1.54) is 11.3 Å². The number of sulfonamides is 1. The Hall–Kier alpha value is -0.430. The van der Waals surface area contributed by atoms with Crippen molar-refractivity contribution < 1.29 is 13.5 Å². The first kappa shape index (κ1) is 15.9. The lowest BCUT2D eigenvalue weighted by molar-refractivity contribution is 0.157. The predicted molar refractivity (Wildman–Crippen MR) is 81.3 cm³/mol. The minimum absolute atomic E-state index is 0.00189. The number of aryl methyl sites for hydroxylation is 1. The van der Waals surface area contributed by atoms with Crippen molar-refractivity contribution in [2.45, 2.75) is 51.7 Å². The Bertz CT molecular complexity index is 579. The molecule has 20 heavy (non-hydrogen) atoms. The summed E-state index contributed by atoms with van der Waals surface area (Å²) in [5, 5.41) is 11.2. The van der Waals surface area contributed by atoms with E-state index in [-0.39, 0.29) is 12.6 Å². The molecule has 1 aromatic heterocycles. The number of thiophene rings is 1. The quantitative estimate of drug-likeness (QED) is 0.932. The van der Waals surface area contributed by atoms with E-state index < -0.39 is 10.0 Å². The molecule has 3 unspecified atom stereocenters. The van der Waals surface area contributed by atoms with Crippen molar-refractivity contribution in [2.75, 3.05) is 6.54 Å². The highest BCUT2D eigenvalue weighted by molar-refractivity contribution is 7.89. The Kier molecular flexibility index (Phi) is 4.59. The van der Waals surface area contributed by atoms with Gasteiger partial charge in [0.2, 0.25) is 10.0 Å². The van der Waals surface area contributed by atoms with Gasteiger partial charge in [0.1, 0.15) is 4.90 Å². The first-order valence-corrected chi connectivity index (χ1v) is 9.30. The second-order valence-electron chi connectivity index (χ2n) is 5.96. The van der Waals surface area contributed by atoms with Crippen molar-refractivity contribution >= 4 is 21.4 Å². The van der Waals surface area contributed by atoms with Gasteiger partial charge in [0, 0.05) is 12.6 Å². The summed E-state index contributed by atoms with van der Waals surface area (Å²) < 4.78 is 27.6. The first-order chi connectivity index (χ1) is 9.28. The number of hydrogen-bond donors (Lipinski definition) is 1. The highest BCUT2D eigenvalue weighted by Crippen LogP contribution is 2.35. The third kappa shape index (κ3) is 2.66. The number of aliphatic hydroxyl groups excluding tert-OH is 1. The van der Waals surface area contributed by atoms with Gasteiger partial charge in [-0.2, -0.15) is 4.31 Å². The summed E-state index contributed by atoms with van der Waals surface area (Å²) in [5.41, 5.74) is 0.733. The average molecular weight is 317 g/mol. The van der Waals surface area contributed by atoms with Gasteiger partial charge in [0.25, 0.3) is 0 Å². The molecule has 6 heteroatoms. The lowest BCUT2D eigenvalue weighted by Crippen LogP contribution is -2.48. The van der Waals surface area contributed by atoms with Crippen LogP contribution in [0.2, 0.25) is 0 Å². The van der Waals surface area contributed by atoms with Crippen molar-refractivity contribution in [3.8, 4) is 0 Å². The SMILES string of the molecule is Cc1csc(CO)c1S(=O)(=O)N1CC(C)CC(C)C1C. The molecule has 1 aliphatic heterocycles. The van der Waals surface area contributed by atoms with E-state index in [1.807, 2.05) is 6.92 Å². The van der Waals surface area contributed by atoms with Crippen LogP contribution in [0.15, 0.2) is 10.3 Å². The Balaban J connectivity index is 2.46. The molecule has 4 nitrogen and oxygen atoms in total. The topological polar surface area (TPSA) is 57.6 Å². The maximum absolute atomic E-state index is 13.0. The van der Waals surface area contributed by atoms with Crippen LogP contribution in [0.25, 0.3) is 0 Å². The fraction of sp³-hybridized carbons (Fsp3) is 0.714. The molecule has 1 fully saturated rings. The van der Waals surface area contributed by atoms with Crippen LogP contribution < -0.4 is 0 Å². The van der Waals surface area contributed by atoms with Crippen LogP contribution in [0.3, 0.4) is 0 Å². The number of hydrogen-bond acceptors (Lipinski definition) is 4. The van der Waals surface area contributed by atoms with Crippen molar-refractivity contribution in [3.63, 3.8) is 0 Å². The number of nitrogens with zero attached hydrogens (tertiary/aromatic N) is 1. The summed E-state index contributed by atoms with van der Waals surface area (Å²) in [6.07, 6.45) is 1.06. The summed E-state index contributed by atoms with van der Waals surface area (Å²) in [7, 11) is -3.52.